The number of hydrogen-bond donors (Lipinski definition) is 4. The third-order valence-electron chi connectivity index (χ3n) is 21.6. The summed E-state index contributed by atoms with van der Waals surface area (Å²) in [6.45, 7) is 20.8. The van der Waals surface area contributed by atoms with E-state index in [-0.39, 0.29) is 23.0 Å². The van der Waals surface area contributed by atoms with Crippen molar-refractivity contribution in [3.8, 4) is 46.0 Å². The smallest absolute Gasteiger partial charge is 0.196 e. The molecule has 12 heteroatoms. The van der Waals surface area contributed by atoms with Gasteiger partial charge in [-0.05, 0) is 240 Å². The first-order chi connectivity index (χ1) is 53.2. The van der Waals surface area contributed by atoms with E-state index >= 15 is 0 Å². The molecule has 110 heavy (non-hydrogen) atoms. The highest BCUT2D eigenvalue weighted by Crippen LogP contribution is 2.61. The summed E-state index contributed by atoms with van der Waals surface area (Å²) in [5.41, 5.74) is 25.1. The third-order valence-corrected chi connectivity index (χ3v) is 21.6. The lowest BCUT2D eigenvalue weighted by Crippen LogP contribution is -2.37. The Morgan fingerprint density at radius 1 is 0.309 bits per heavy atom. The highest BCUT2D eigenvalue weighted by Gasteiger charge is 2.50. The van der Waals surface area contributed by atoms with Crippen LogP contribution < -0.4 is 18.9 Å². The minimum Gasteiger partial charge on any atom is -0.508 e. The first-order valence-corrected chi connectivity index (χ1v) is 38.0. The lowest BCUT2D eigenvalue weighted by molar-refractivity contribution is -0.0616. The minimum atomic E-state index is -0.790. The largest absolute Gasteiger partial charge is 0.508 e. The average Bonchev–Trinajstić information content (AvgIpc) is 0.681. The van der Waals surface area contributed by atoms with E-state index in [9.17, 15) is 20.4 Å². The summed E-state index contributed by atoms with van der Waals surface area (Å²) in [5.74, 6) is 3.81. The minimum absolute atomic E-state index is 0.206. The molecule has 12 aromatic carbocycles. The van der Waals surface area contributed by atoms with E-state index in [1.165, 1.54) is 0 Å². The van der Waals surface area contributed by atoms with Gasteiger partial charge >= 0.3 is 0 Å². The lowest BCUT2D eigenvalue weighted by atomic mass is 9.55. The van der Waals surface area contributed by atoms with Crippen LogP contribution in [0.1, 0.15) is 175 Å². The molecule has 8 bridgehead atoms. The molecule has 0 saturated heterocycles. The van der Waals surface area contributed by atoms with Crippen LogP contribution in [0.2, 0.25) is 0 Å². The molecule has 4 atom stereocenters. The van der Waals surface area contributed by atoms with E-state index in [0.717, 1.165) is 156 Å². The molecule has 0 heterocycles. The molecule has 12 nitrogen and oxygen atoms in total. The summed E-state index contributed by atoms with van der Waals surface area (Å²) in [4.78, 5) is 0. The fraction of sp³-hybridized carbons (Fsp3) is 0.245. The van der Waals surface area contributed by atoms with Crippen molar-refractivity contribution in [2.45, 2.75) is 131 Å². The van der Waals surface area contributed by atoms with Crippen LogP contribution in [0.3, 0.4) is 0 Å². The van der Waals surface area contributed by atoms with Crippen molar-refractivity contribution in [2.24, 2.45) is 0 Å². The standard InChI is InChI=1S/C60H52O6.C38H44O6/c1-5-63-39(3)65-47-35-27-43(28-36-47)59(41-23-31-45(61)32-24-41)53-19-11-7-15-49(53)57(50-16-8-12-20-54(50)59)58-51-17-9-13-21-55(51)60(42-25-33-46(62)34-26-42,56-22-14-10-18-52(56)58)44-29-37-48(38-30-44)66-40(4)64-6-2;1-21-9-27-17-31-13-23(3)15-33(37(31)43-25(5)41-7)19-29-11-22(2)12-30(36(29)40)20-34-16-24(4)14-32(18-28(10-21)35(27)39)38(34)44-26(6)42-8/h7-40,61-62H,5-6H2,1-4H3;9-16,25-26,39-40H,17-20H2,1-8H3. The molecule has 0 aliphatic heterocycles. The zero-order valence-corrected chi connectivity index (χ0v) is 64.7. The van der Waals surface area contributed by atoms with E-state index in [2.05, 4.69) is 173 Å². The predicted molar refractivity (Wildman–Crippen MR) is 435 cm³/mol. The maximum absolute atomic E-state index is 11.7. The van der Waals surface area contributed by atoms with Gasteiger partial charge in [-0.1, -0.05) is 216 Å². The summed E-state index contributed by atoms with van der Waals surface area (Å²) in [7, 11) is 3.24. The van der Waals surface area contributed by atoms with Crippen molar-refractivity contribution in [3.63, 3.8) is 0 Å². The van der Waals surface area contributed by atoms with Crippen LogP contribution in [0.5, 0.6) is 46.0 Å². The molecule has 15 rings (SSSR count). The summed E-state index contributed by atoms with van der Waals surface area (Å²) < 4.78 is 47.7. The van der Waals surface area contributed by atoms with Gasteiger partial charge in [-0.3, -0.25) is 0 Å². The number of methoxy groups -OCH3 is 2. The fourth-order valence-corrected chi connectivity index (χ4v) is 17.1. The zero-order valence-electron chi connectivity index (χ0n) is 64.7. The zero-order chi connectivity index (χ0) is 77.1. The summed E-state index contributed by atoms with van der Waals surface area (Å²) in [6.07, 6.45) is 0.119. The number of phenols is 4. The Morgan fingerprint density at radius 3 is 0.809 bits per heavy atom. The topological polar surface area (TPSA) is 155 Å². The number of hydrogen-bond acceptors (Lipinski definition) is 12. The van der Waals surface area contributed by atoms with Gasteiger partial charge in [-0.25, -0.2) is 0 Å². The maximum atomic E-state index is 11.7. The predicted octanol–water partition coefficient (Wildman–Crippen LogP) is 20.8. The molecular weight excluding hydrogens is 1370 g/mol. The Bertz CT molecular complexity index is 4840. The molecular formula is C98H96O12. The molecule has 0 saturated carbocycles. The van der Waals surface area contributed by atoms with E-state index in [4.69, 9.17) is 37.9 Å². The number of aryl methyl sites for hydroxylation is 4. The molecule has 560 valence electrons. The van der Waals surface area contributed by atoms with Gasteiger partial charge in [0.2, 0.25) is 0 Å². The Balaban J connectivity index is 0.000000199. The number of rotatable bonds is 18. The normalized spacial score (nSPS) is 16.5. The maximum Gasteiger partial charge on any atom is 0.196 e. The van der Waals surface area contributed by atoms with Gasteiger partial charge < -0.3 is 58.3 Å². The molecule has 0 fully saturated rings. The number of aromatic hydroxyl groups is 4. The van der Waals surface area contributed by atoms with Crippen molar-refractivity contribution < 1.29 is 58.3 Å². The van der Waals surface area contributed by atoms with Gasteiger partial charge in [-0.2, -0.15) is 0 Å². The van der Waals surface area contributed by atoms with Crippen LogP contribution in [-0.4, -0.2) is 73.0 Å². The molecule has 0 aromatic heterocycles. The Labute approximate surface area is 646 Å². The van der Waals surface area contributed by atoms with Gasteiger partial charge in [0.25, 0.3) is 0 Å². The van der Waals surface area contributed by atoms with Crippen molar-refractivity contribution in [3.05, 3.63) is 376 Å². The van der Waals surface area contributed by atoms with Crippen LogP contribution in [0.25, 0.3) is 11.1 Å². The molecule has 4 N–H and O–H groups in total. The second-order valence-electron chi connectivity index (χ2n) is 29.1. The van der Waals surface area contributed by atoms with Crippen LogP contribution in [0.15, 0.2) is 243 Å². The van der Waals surface area contributed by atoms with E-state index in [1.54, 1.807) is 38.5 Å². The number of benzene rings is 12. The lowest BCUT2D eigenvalue weighted by Gasteiger charge is -2.46. The van der Waals surface area contributed by atoms with Crippen LogP contribution >= 0.6 is 0 Å². The highest BCUT2D eigenvalue weighted by molar-refractivity contribution is 6.10. The molecule has 0 radical (unpaired) electrons. The number of phenolic OH excluding ortho intramolecular Hbond substituents is 4. The van der Waals surface area contributed by atoms with Crippen molar-refractivity contribution in [1.29, 1.82) is 0 Å². The van der Waals surface area contributed by atoms with E-state index in [0.29, 0.717) is 50.4 Å². The Morgan fingerprint density at radius 2 is 0.555 bits per heavy atom. The quantitative estimate of drug-likeness (QED) is 0.0605. The molecule has 4 unspecified atom stereocenters. The van der Waals surface area contributed by atoms with Gasteiger partial charge in [0.1, 0.15) is 46.0 Å². The Kier molecular flexibility index (Phi) is 22.0. The first-order valence-electron chi connectivity index (χ1n) is 38.0. The molecule has 0 amide bonds. The SMILES string of the molecule is CCOC(C)Oc1ccc(C2(c3ccc(O)cc3)c3ccccc3C(=C3c4ccccc4C(c4ccc(O)cc4)(c4ccc(OC(C)OCC)cc4)c4ccccc43)c3ccccc32)cc1.COC(C)Oc1c2cc(C)cc1Cc1cc(C)cc(c1O)Cc1cc(C)cc(c1OC(C)OC)Cc1cc(C)cc(c1O)C2. The Hall–Kier alpha value is -11.4. The van der Waals surface area contributed by atoms with Crippen LogP contribution in [0, 0.1) is 27.7 Å². The highest BCUT2D eigenvalue weighted by atomic mass is 16.7. The molecule has 3 aliphatic carbocycles. The van der Waals surface area contributed by atoms with E-state index in [1.807, 2.05) is 114 Å². The van der Waals surface area contributed by atoms with Gasteiger partial charge in [0.05, 0.1) is 10.8 Å². The third kappa shape index (κ3) is 14.5. The van der Waals surface area contributed by atoms with Crippen LogP contribution in [0.4, 0.5) is 0 Å². The van der Waals surface area contributed by atoms with Crippen molar-refractivity contribution >= 4 is 11.1 Å². The van der Waals surface area contributed by atoms with Gasteiger partial charge in [0.15, 0.2) is 25.2 Å². The monoisotopic (exact) mass is 1460 g/mol. The van der Waals surface area contributed by atoms with Crippen LogP contribution in [-0.2, 0) is 55.5 Å². The second kappa shape index (κ2) is 32.1. The summed E-state index contributed by atoms with van der Waals surface area (Å²) >= 11 is 0. The molecule has 3 aliphatic rings. The molecule has 0 spiro atoms. The first kappa shape index (κ1) is 75.4. The van der Waals surface area contributed by atoms with Gasteiger partial charge in [0, 0.05) is 53.1 Å². The van der Waals surface area contributed by atoms with Crippen molar-refractivity contribution in [2.75, 3.05) is 27.4 Å². The van der Waals surface area contributed by atoms with E-state index < -0.39 is 36.0 Å². The number of fused-ring (bicyclic) bond motifs is 12. The number of ether oxygens (including phenoxy) is 8. The summed E-state index contributed by atoms with van der Waals surface area (Å²) in [5, 5.41) is 44.8. The second-order valence-corrected chi connectivity index (χ2v) is 29.1. The average molecular weight is 1470 g/mol. The molecule has 12 aromatic rings. The fourth-order valence-electron chi connectivity index (χ4n) is 17.1. The summed E-state index contributed by atoms with van der Waals surface area (Å²) in [6, 6.07) is 83.9. The van der Waals surface area contributed by atoms with Crippen molar-refractivity contribution in [1.82, 2.24) is 0 Å². The van der Waals surface area contributed by atoms with Gasteiger partial charge in [-0.15, -0.1) is 0 Å².